The van der Waals surface area contributed by atoms with Crippen LogP contribution in [-0.4, -0.2) is 26.3 Å². The van der Waals surface area contributed by atoms with E-state index in [4.69, 9.17) is 0 Å². The van der Waals surface area contributed by atoms with E-state index in [2.05, 4.69) is 17.7 Å². The van der Waals surface area contributed by atoms with Crippen molar-refractivity contribution >= 4 is 10.2 Å². The summed E-state index contributed by atoms with van der Waals surface area (Å²) in [4.78, 5) is 0. The SMILES string of the molecule is CNS(=O)(=O)N1CCc2cc(C)ccc2C1. The minimum absolute atomic E-state index is 0.471. The van der Waals surface area contributed by atoms with Gasteiger partial charge in [-0.05, 0) is 24.5 Å². The van der Waals surface area contributed by atoms with Crippen molar-refractivity contribution in [3.63, 3.8) is 0 Å². The van der Waals surface area contributed by atoms with Crippen molar-refractivity contribution < 1.29 is 8.42 Å². The Bertz CT molecular complexity index is 497. The number of hydrogen-bond acceptors (Lipinski definition) is 2. The van der Waals surface area contributed by atoms with E-state index in [1.165, 1.54) is 22.5 Å². The van der Waals surface area contributed by atoms with Crippen molar-refractivity contribution in [3.05, 3.63) is 34.9 Å². The van der Waals surface area contributed by atoms with Gasteiger partial charge >= 0.3 is 0 Å². The normalized spacial score (nSPS) is 17.1. The monoisotopic (exact) mass is 240 g/mol. The zero-order chi connectivity index (χ0) is 11.8. The van der Waals surface area contributed by atoms with E-state index in [9.17, 15) is 8.42 Å². The first-order chi connectivity index (χ1) is 7.53. The van der Waals surface area contributed by atoms with Gasteiger partial charge in [-0.1, -0.05) is 23.8 Å². The molecule has 0 bridgehead atoms. The van der Waals surface area contributed by atoms with Crippen LogP contribution < -0.4 is 4.72 Å². The Kier molecular flexibility index (Phi) is 3.01. The maximum absolute atomic E-state index is 11.6. The molecule has 1 aromatic carbocycles. The minimum Gasteiger partial charge on any atom is -0.205 e. The molecule has 5 heteroatoms. The number of benzene rings is 1. The van der Waals surface area contributed by atoms with Gasteiger partial charge in [-0.15, -0.1) is 0 Å². The highest BCUT2D eigenvalue weighted by molar-refractivity contribution is 7.87. The molecule has 16 heavy (non-hydrogen) atoms. The molecule has 1 aromatic rings. The second-order valence-corrected chi connectivity index (χ2v) is 5.94. The van der Waals surface area contributed by atoms with Crippen LogP contribution in [0.1, 0.15) is 16.7 Å². The number of aryl methyl sites for hydroxylation is 1. The summed E-state index contributed by atoms with van der Waals surface area (Å²) < 4.78 is 27.1. The summed E-state index contributed by atoms with van der Waals surface area (Å²) >= 11 is 0. The summed E-state index contributed by atoms with van der Waals surface area (Å²) in [6.07, 6.45) is 0.790. The van der Waals surface area contributed by atoms with Crippen LogP contribution >= 0.6 is 0 Å². The van der Waals surface area contributed by atoms with Crippen LogP contribution in [0.15, 0.2) is 18.2 Å². The fourth-order valence-corrected chi connectivity index (χ4v) is 2.89. The first kappa shape index (κ1) is 11.6. The van der Waals surface area contributed by atoms with Crippen molar-refractivity contribution in [2.24, 2.45) is 0 Å². The fourth-order valence-electron chi connectivity index (χ4n) is 1.99. The van der Waals surface area contributed by atoms with Gasteiger partial charge in [-0.25, -0.2) is 4.72 Å². The third kappa shape index (κ3) is 2.11. The molecule has 0 spiro atoms. The van der Waals surface area contributed by atoms with Gasteiger partial charge in [0, 0.05) is 20.1 Å². The third-order valence-corrected chi connectivity index (χ3v) is 4.44. The number of nitrogens with one attached hydrogen (secondary N) is 1. The topological polar surface area (TPSA) is 49.4 Å². The molecule has 1 aliphatic heterocycles. The second kappa shape index (κ2) is 4.16. The molecule has 4 nitrogen and oxygen atoms in total. The van der Waals surface area contributed by atoms with E-state index in [-0.39, 0.29) is 0 Å². The van der Waals surface area contributed by atoms with E-state index >= 15 is 0 Å². The van der Waals surface area contributed by atoms with Crippen LogP contribution in [0.25, 0.3) is 0 Å². The standard InChI is InChI=1S/C11H16N2O2S/c1-9-3-4-11-8-13(16(14,15)12-2)6-5-10(11)7-9/h3-4,7,12H,5-6,8H2,1-2H3. The molecule has 1 N–H and O–H groups in total. The van der Waals surface area contributed by atoms with Crippen molar-refractivity contribution in [1.82, 2.24) is 9.03 Å². The van der Waals surface area contributed by atoms with Crippen molar-refractivity contribution in [2.45, 2.75) is 19.9 Å². The van der Waals surface area contributed by atoms with Gasteiger partial charge in [0.25, 0.3) is 10.2 Å². The molecule has 0 unspecified atom stereocenters. The molecular weight excluding hydrogens is 224 g/mol. The highest BCUT2D eigenvalue weighted by Crippen LogP contribution is 2.21. The van der Waals surface area contributed by atoms with Crippen molar-refractivity contribution in [1.29, 1.82) is 0 Å². The summed E-state index contributed by atoms with van der Waals surface area (Å²) in [5.41, 5.74) is 3.60. The van der Waals surface area contributed by atoms with Gasteiger partial charge in [0.1, 0.15) is 0 Å². The summed E-state index contributed by atoms with van der Waals surface area (Å²) in [5.74, 6) is 0. The number of nitrogens with zero attached hydrogens (tertiary/aromatic N) is 1. The summed E-state index contributed by atoms with van der Waals surface area (Å²) in [6.45, 7) is 3.08. The molecule has 1 aliphatic rings. The average Bonchev–Trinajstić information content (AvgIpc) is 2.28. The highest BCUT2D eigenvalue weighted by atomic mass is 32.2. The lowest BCUT2D eigenvalue weighted by molar-refractivity contribution is 0.386. The fraction of sp³-hybridized carbons (Fsp3) is 0.455. The lowest BCUT2D eigenvalue weighted by Crippen LogP contribution is -2.41. The minimum atomic E-state index is -3.29. The molecule has 0 saturated carbocycles. The zero-order valence-corrected chi connectivity index (χ0v) is 10.3. The molecule has 1 heterocycles. The average molecular weight is 240 g/mol. The van der Waals surface area contributed by atoms with Gasteiger partial charge in [0.2, 0.25) is 0 Å². The first-order valence-corrected chi connectivity index (χ1v) is 6.74. The molecule has 0 amide bonds. The Morgan fingerprint density at radius 1 is 1.31 bits per heavy atom. The molecular formula is C11H16N2O2S. The van der Waals surface area contributed by atoms with Crippen LogP contribution in [0.3, 0.4) is 0 Å². The van der Waals surface area contributed by atoms with E-state index < -0.39 is 10.2 Å². The highest BCUT2D eigenvalue weighted by Gasteiger charge is 2.24. The summed E-state index contributed by atoms with van der Waals surface area (Å²) in [7, 11) is -1.85. The largest absolute Gasteiger partial charge is 0.279 e. The Balaban J connectivity index is 2.28. The quantitative estimate of drug-likeness (QED) is 0.832. The van der Waals surface area contributed by atoms with E-state index in [0.717, 1.165) is 12.0 Å². The lowest BCUT2D eigenvalue weighted by atomic mass is 9.99. The molecule has 0 aromatic heterocycles. The van der Waals surface area contributed by atoms with Crippen LogP contribution in [0.4, 0.5) is 0 Å². The Morgan fingerprint density at radius 2 is 2.06 bits per heavy atom. The first-order valence-electron chi connectivity index (χ1n) is 5.30. The molecule has 88 valence electrons. The van der Waals surface area contributed by atoms with E-state index in [0.29, 0.717) is 13.1 Å². The lowest BCUT2D eigenvalue weighted by Gasteiger charge is -2.27. The third-order valence-electron chi connectivity index (χ3n) is 2.94. The molecule has 0 saturated heterocycles. The summed E-state index contributed by atoms with van der Waals surface area (Å²) in [5, 5.41) is 0. The van der Waals surface area contributed by atoms with Gasteiger partial charge in [0.15, 0.2) is 0 Å². The van der Waals surface area contributed by atoms with Crippen molar-refractivity contribution in [3.8, 4) is 0 Å². The second-order valence-electron chi connectivity index (χ2n) is 4.06. The number of fused-ring (bicyclic) bond motifs is 1. The van der Waals surface area contributed by atoms with E-state index in [1.54, 1.807) is 0 Å². The van der Waals surface area contributed by atoms with Gasteiger partial charge in [-0.3, -0.25) is 0 Å². The van der Waals surface area contributed by atoms with Crippen LogP contribution in [0, 0.1) is 6.92 Å². The Morgan fingerprint density at radius 3 is 2.75 bits per heavy atom. The van der Waals surface area contributed by atoms with Crippen LogP contribution in [0.2, 0.25) is 0 Å². The molecule has 0 atom stereocenters. The number of rotatable bonds is 2. The molecule has 0 aliphatic carbocycles. The molecule has 0 fully saturated rings. The Labute approximate surface area is 96.5 Å². The summed E-state index contributed by atoms with van der Waals surface area (Å²) in [6, 6.07) is 6.18. The van der Waals surface area contributed by atoms with Gasteiger partial charge in [-0.2, -0.15) is 12.7 Å². The number of hydrogen-bond donors (Lipinski definition) is 1. The predicted octanol–water partition coefficient (Wildman–Crippen LogP) is 0.817. The smallest absolute Gasteiger partial charge is 0.205 e. The van der Waals surface area contributed by atoms with Crippen LogP contribution in [0.5, 0.6) is 0 Å². The Hall–Kier alpha value is -0.910. The maximum Gasteiger partial charge on any atom is 0.279 e. The van der Waals surface area contributed by atoms with Crippen molar-refractivity contribution in [2.75, 3.05) is 13.6 Å². The zero-order valence-electron chi connectivity index (χ0n) is 9.53. The van der Waals surface area contributed by atoms with E-state index in [1.807, 2.05) is 12.1 Å². The van der Waals surface area contributed by atoms with Gasteiger partial charge < -0.3 is 0 Å². The molecule has 0 radical (unpaired) electrons. The predicted molar refractivity (Wildman–Crippen MR) is 63.3 cm³/mol. The molecule has 2 rings (SSSR count). The van der Waals surface area contributed by atoms with Gasteiger partial charge in [0.05, 0.1) is 0 Å². The van der Waals surface area contributed by atoms with Crippen LogP contribution in [-0.2, 0) is 23.2 Å². The maximum atomic E-state index is 11.6.